The summed E-state index contributed by atoms with van der Waals surface area (Å²) in [5.74, 6) is 0.237. The highest BCUT2D eigenvalue weighted by Gasteiger charge is 2.45. The quantitative estimate of drug-likeness (QED) is 0.730. The standard InChI is InChI=1S/C17H16N4O4/c22-10-14-18-16(21-25-14)17(7-4-8-17)19-15(23)13-9-12(20-24-13)11-5-2-1-3-6-11/h1-3,5-6,9,22H,4,7-8,10H2,(H,19,23). The van der Waals surface area contributed by atoms with Crippen LogP contribution in [0, 0.1) is 0 Å². The third kappa shape index (κ3) is 2.80. The van der Waals surface area contributed by atoms with Crippen molar-refractivity contribution in [2.45, 2.75) is 31.4 Å². The number of carbonyl (C=O) groups is 1. The number of amides is 1. The molecule has 1 saturated carbocycles. The van der Waals surface area contributed by atoms with Crippen molar-refractivity contribution in [3.8, 4) is 11.3 Å². The van der Waals surface area contributed by atoms with Gasteiger partial charge in [0.05, 0.1) is 0 Å². The van der Waals surface area contributed by atoms with E-state index in [1.165, 1.54) is 0 Å². The Kier molecular flexibility index (Phi) is 3.81. The van der Waals surface area contributed by atoms with Crippen LogP contribution in [0.15, 0.2) is 45.4 Å². The zero-order chi connectivity index (χ0) is 17.3. The molecule has 0 aliphatic heterocycles. The highest BCUT2D eigenvalue weighted by Crippen LogP contribution is 2.40. The predicted molar refractivity (Wildman–Crippen MR) is 85.2 cm³/mol. The lowest BCUT2D eigenvalue weighted by atomic mass is 9.76. The second-order valence-electron chi connectivity index (χ2n) is 6.00. The lowest BCUT2D eigenvalue weighted by Crippen LogP contribution is -2.51. The molecule has 0 spiro atoms. The lowest BCUT2D eigenvalue weighted by molar-refractivity contribution is 0.0767. The molecule has 128 valence electrons. The summed E-state index contributed by atoms with van der Waals surface area (Å²) in [6, 6.07) is 11.1. The Morgan fingerprint density at radius 3 is 2.64 bits per heavy atom. The van der Waals surface area contributed by atoms with Gasteiger partial charge in [-0.1, -0.05) is 40.6 Å². The molecule has 2 N–H and O–H groups in total. The number of hydrogen-bond acceptors (Lipinski definition) is 7. The number of nitrogens with one attached hydrogen (secondary N) is 1. The molecular formula is C17H16N4O4. The first kappa shape index (κ1) is 15.5. The van der Waals surface area contributed by atoms with Crippen LogP contribution in [0.3, 0.4) is 0 Å². The Morgan fingerprint density at radius 2 is 2.00 bits per heavy atom. The molecule has 0 saturated heterocycles. The number of benzene rings is 1. The first-order valence-corrected chi connectivity index (χ1v) is 7.99. The van der Waals surface area contributed by atoms with Gasteiger partial charge < -0.3 is 19.5 Å². The first-order chi connectivity index (χ1) is 12.2. The van der Waals surface area contributed by atoms with Gasteiger partial charge in [-0.25, -0.2) is 0 Å². The topological polar surface area (TPSA) is 114 Å². The smallest absolute Gasteiger partial charge is 0.290 e. The number of carbonyl (C=O) groups excluding carboxylic acids is 1. The molecule has 1 aliphatic carbocycles. The number of aromatic nitrogens is 3. The van der Waals surface area contributed by atoms with Crippen molar-refractivity contribution in [2.24, 2.45) is 0 Å². The van der Waals surface area contributed by atoms with Crippen molar-refractivity contribution in [3.05, 3.63) is 53.9 Å². The second kappa shape index (κ2) is 6.14. The van der Waals surface area contributed by atoms with E-state index in [1.54, 1.807) is 6.07 Å². The van der Waals surface area contributed by atoms with Crippen molar-refractivity contribution < 1.29 is 18.9 Å². The minimum Gasteiger partial charge on any atom is -0.387 e. The molecule has 1 fully saturated rings. The van der Waals surface area contributed by atoms with Crippen molar-refractivity contribution in [1.29, 1.82) is 0 Å². The SMILES string of the molecule is O=C(NC1(c2noc(CO)n2)CCC1)c1cc(-c2ccccc2)no1. The summed E-state index contributed by atoms with van der Waals surface area (Å²) in [7, 11) is 0. The summed E-state index contributed by atoms with van der Waals surface area (Å²) in [5.41, 5.74) is 0.776. The maximum Gasteiger partial charge on any atom is 0.290 e. The lowest BCUT2D eigenvalue weighted by Gasteiger charge is -2.39. The molecular weight excluding hydrogens is 324 g/mol. The molecule has 2 aromatic heterocycles. The molecule has 8 heteroatoms. The number of nitrogens with zero attached hydrogens (tertiary/aromatic N) is 3. The molecule has 0 unspecified atom stereocenters. The van der Waals surface area contributed by atoms with Crippen LogP contribution in [0.1, 0.15) is 41.5 Å². The van der Waals surface area contributed by atoms with Gasteiger partial charge >= 0.3 is 0 Å². The summed E-state index contributed by atoms with van der Waals surface area (Å²) in [5, 5.41) is 19.8. The van der Waals surface area contributed by atoms with E-state index in [0.29, 0.717) is 24.4 Å². The summed E-state index contributed by atoms with van der Waals surface area (Å²) in [6.45, 7) is -0.334. The molecule has 0 radical (unpaired) electrons. The fourth-order valence-electron chi connectivity index (χ4n) is 2.85. The average Bonchev–Trinajstić information content (AvgIpc) is 3.28. The highest BCUT2D eigenvalue weighted by molar-refractivity contribution is 5.93. The number of aliphatic hydroxyl groups excluding tert-OH is 1. The van der Waals surface area contributed by atoms with Crippen molar-refractivity contribution in [1.82, 2.24) is 20.6 Å². The molecule has 8 nitrogen and oxygen atoms in total. The van der Waals surface area contributed by atoms with Gasteiger partial charge in [-0.3, -0.25) is 4.79 Å². The van der Waals surface area contributed by atoms with Gasteiger partial charge in [0, 0.05) is 11.6 Å². The molecule has 4 rings (SSSR count). The van der Waals surface area contributed by atoms with E-state index in [-0.39, 0.29) is 24.2 Å². The molecule has 2 heterocycles. The van der Waals surface area contributed by atoms with Crippen molar-refractivity contribution >= 4 is 5.91 Å². The Hall–Kier alpha value is -3.00. The zero-order valence-corrected chi connectivity index (χ0v) is 13.3. The molecule has 25 heavy (non-hydrogen) atoms. The van der Waals surface area contributed by atoms with Crippen LogP contribution in [0.25, 0.3) is 11.3 Å². The molecule has 0 bridgehead atoms. The van der Waals surface area contributed by atoms with Crippen molar-refractivity contribution in [3.63, 3.8) is 0 Å². The van der Waals surface area contributed by atoms with Crippen LogP contribution in [-0.2, 0) is 12.1 Å². The second-order valence-corrected chi connectivity index (χ2v) is 6.00. The third-order valence-electron chi connectivity index (χ3n) is 4.39. The molecule has 1 aliphatic rings. The van der Waals surface area contributed by atoms with E-state index in [9.17, 15) is 4.79 Å². The van der Waals surface area contributed by atoms with Gasteiger partial charge in [0.25, 0.3) is 11.8 Å². The van der Waals surface area contributed by atoms with Crippen LogP contribution >= 0.6 is 0 Å². The van der Waals surface area contributed by atoms with E-state index in [2.05, 4.69) is 20.6 Å². The van der Waals surface area contributed by atoms with Crippen molar-refractivity contribution in [2.75, 3.05) is 0 Å². The number of hydrogen-bond donors (Lipinski definition) is 2. The summed E-state index contributed by atoms with van der Waals surface area (Å²) in [6.07, 6.45) is 2.33. The third-order valence-corrected chi connectivity index (χ3v) is 4.39. The average molecular weight is 340 g/mol. The van der Waals surface area contributed by atoms with Gasteiger partial charge in [0.1, 0.15) is 17.8 Å². The van der Waals surface area contributed by atoms with Crippen LogP contribution in [0.2, 0.25) is 0 Å². The Morgan fingerprint density at radius 1 is 1.20 bits per heavy atom. The maximum atomic E-state index is 12.6. The minimum atomic E-state index is -0.687. The van der Waals surface area contributed by atoms with Gasteiger partial charge in [-0.2, -0.15) is 4.98 Å². The molecule has 3 aromatic rings. The number of aliphatic hydroxyl groups is 1. The molecule has 1 aromatic carbocycles. The van der Waals surface area contributed by atoms with E-state index >= 15 is 0 Å². The highest BCUT2D eigenvalue weighted by atomic mass is 16.5. The summed E-state index contributed by atoms with van der Waals surface area (Å²) in [4.78, 5) is 16.7. The van der Waals surface area contributed by atoms with E-state index in [4.69, 9.17) is 14.2 Å². The summed E-state index contributed by atoms with van der Waals surface area (Å²) < 4.78 is 10.1. The zero-order valence-electron chi connectivity index (χ0n) is 13.3. The maximum absolute atomic E-state index is 12.6. The van der Waals surface area contributed by atoms with Crippen LogP contribution in [0.4, 0.5) is 0 Å². The first-order valence-electron chi connectivity index (χ1n) is 7.99. The van der Waals surface area contributed by atoms with Gasteiger partial charge in [0.15, 0.2) is 5.82 Å². The largest absolute Gasteiger partial charge is 0.387 e. The number of rotatable bonds is 5. The minimum absolute atomic E-state index is 0.121. The Labute approximate surface area is 142 Å². The van der Waals surface area contributed by atoms with E-state index < -0.39 is 5.54 Å². The van der Waals surface area contributed by atoms with Crippen LogP contribution < -0.4 is 5.32 Å². The Balaban J connectivity index is 1.54. The van der Waals surface area contributed by atoms with E-state index in [0.717, 1.165) is 12.0 Å². The van der Waals surface area contributed by atoms with Gasteiger partial charge in [-0.15, -0.1) is 0 Å². The molecule has 1 amide bonds. The normalized spacial score (nSPS) is 15.6. The fraction of sp³-hybridized carbons (Fsp3) is 0.294. The van der Waals surface area contributed by atoms with Crippen LogP contribution in [-0.4, -0.2) is 26.3 Å². The van der Waals surface area contributed by atoms with Gasteiger partial charge in [0.2, 0.25) is 5.76 Å². The fourth-order valence-corrected chi connectivity index (χ4v) is 2.85. The van der Waals surface area contributed by atoms with Crippen LogP contribution in [0.5, 0.6) is 0 Å². The predicted octanol–water partition coefficient (Wildman–Crippen LogP) is 2.03. The van der Waals surface area contributed by atoms with E-state index in [1.807, 2.05) is 30.3 Å². The molecule has 0 atom stereocenters. The monoisotopic (exact) mass is 340 g/mol. The Bertz CT molecular complexity index is 883. The summed E-state index contributed by atoms with van der Waals surface area (Å²) >= 11 is 0. The van der Waals surface area contributed by atoms with Gasteiger partial charge in [-0.05, 0) is 19.3 Å².